The first-order chi connectivity index (χ1) is 19.7. The van der Waals surface area contributed by atoms with Crippen LogP contribution < -0.4 is 9.47 Å². The molecule has 0 N–H and O–H groups in total. The number of rotatable bonds is 8. The largest absolute Gasteiger partial charge is 0.493 e. The zero-order valence-corrected chi connectivity index (χ0v) is 24.2. The smallest absolute Gasteiger partial charge is 0.165 e. The summed E-state index contributed by atoms with van der Waals surface area (Å²) in [6.07, 6.45) is 4.08. The predicted molar refractivity (Wildman–Crippen MR) is 158 cm³/mol. The fourth-order valence-electron chi connectivity index (χ4n) is 5.92. The van der Waals surface area contributed by atoms with Gasteiger partial charge in [-0.25, -0.2) is 13.2 Å². The topological polar surface area (TPSA) is 18.5 Å². The minimum atomic E-state index is -0.567. The molecule has 214 valence electrons. The molecule has 0 radical (unpaired) electrons. The average molecular weight is 559 g/mol. The summed E-state index contributed by atoms with van der Waals surface area (Å²) < 4.78 is 55.8. The lowest BCUT2D eigenvalue weighted by molar-refractivity contribution is 0.199. The van der Waals surface area contributed by atoms with E-state index in [0.717, 1.165) is 48.1 Å². The lowest BCUT2D eigenvalue weighted by Gasteiger charge is -2.29. The maximum absolute atomic E-state index is 15.2. The zero-order chi connectivity index (χ0) is 29.1. The van der Waals surface area contributed by atoms with E-state index in [4.69, 9.17) is 9.47 Å². The first-order valence-corrected chi connectivity index (χ1v) is 14.4. The molecule has 1 saturated carbocycles. The van der Waals surface area contributed by atoms with Crippen LogP contribution in [0.25, 0.3) is 11.1 Å². The molecule has 1 aliphatic rings. The van der Waals surface area contributed by atoms with Crippen LogP contribution >= 0.6 is 0 Å². The van der Waals surface area contributed by atoms with Crippen molar-refractivity contribution in [3.8, 4) is 22.6 Å². The summed E-state index contributed by atoms with van der Waals surface area (Å²) in [6.45, 7) is 8.35. The molecule has 5 heteroatoms. The van der Waals surface area contributed by atoms with Gasteiger partial charge in [0.25, 0.3) is 0 Å². The maximum Gasteiger partial charge on any atom is 0.165 e. The third-order valence-corrected chi connectivity index (χ3v) is 8.25. The van der Waals surface area contributed by atoms with Gasteiger partial charge in [-0.3, -0.25) is 0 Å². The first kappa shape index (κ1) is 28.8. The molecule has 0 bridgehead atoms. The van der Waals surface area contributed by atoms with Crippen molar-refractivity contribution in [2.24, 2.45) is 5.92 Å². The quantitative estimate of drug-likeness (QED) is 0.214. The van der Waals surface area contributed by atoms with Gasteiger partial charge in [0.1, 0.15) is 24.0 Å². The van der Waals surface area contributed by atoms with Gasteiger partial charge in [-0.2, -0.15) is 0 Å². The third kappa shape index (κ3) is 6.78. The molecule has 4 aromatic rings. The van der Waals surface area contributed by atoms with Gasteiger partial charge in [0, 0.05) is 5.56 Å². The Morgan fingerprint density at radius 3 is 2.02 bits per heavy atom. The molecule has 0 unspecified atom stereocenters. The number of benzene rings is 4. The molecule has 1 aliphatic carbocycles. The summed E-state index contributed by atoms with van der Waals surface area (Å²) in [5, 5.41) is 0. The summed E-state index contributed by atoms with van der Waals surface area (Å²) in [5.41, 5.74) is 6.00. The Labute approximate surface area is 241 Å². The minimum Gasteiger partial charge on any atom is -0.493 e. The monoisotopic (exact) mass is 558 g/mol. The minimum absolute atomic E-state index is 0.0729. The Balaban J connectivity index is 1.18. The highest BCUT2D eigenvalue weighted by Crippen LogP contribution is 2.38. The molecular weight excluding hydrogens is 521 g/mol. The molecule has 0 saturated heterocycles. The lowest BCUT2D eigenvalue weighted by atomic mass is 9.78. The van der Waals surface area contributed by atoms with E-state index in [1.807, 2.05) is 12.1 Å². The predicted octanol–water partition coefficient (Wildman–Crippen LogP) is 9.94. The van der Waals surface area contributed by atoms with Crippen LogP contribution in [0.5, 0.6) is 11.5 Å². The number of hydrogen-bond donors (Lipinski definition) is 0. The van der Waals surface area contributed by atoms with Gasteiger partial charge < -0.3 is 9.47 Å². The Morgan fingerprint density at radius 1 is 0.659 bits per heavy atom. The lowest BCUT2D eigenvalue weighted by Crippen LogP contribution is -2.19. The Kier molecular flexibility index (Phi) is 8.72. The van der Waals surface area contributed by atoms with Crippen molar-refractivity contribution >= 4 is 0 Å². The second-order valence-corrected chi connectivity index (χ2v) is 11.5. The molecule has 2 nitrogen and oxygen atoms in total. The Bertz CT molecular complexity index is 1510. The van der Waals surface area contributed by atoms with Gasteiger partial charge in [0.05, 0.1) is 6.61 Å². The van der Waals surface area contributed by atoms with Gasteiger partial charge in [-0.05, 0) is 135 Å². The van der Waals surface area contributed by atoms with E-state index >= 15 is 4.39 Å². The molecule has 5 rings (SSSR count). The molecule has 41 heavy (non-hydrogen) atoms. The van der Waals surface area contributed by atoms with Crippen molar-refractivity contribution in [3.05, 3.63) is 118 Å². The molecule has 1 fully saturated rings. The van der Waals surface area contributed by atoms with Crippen molar-refractivity contribution in [3.63, 3.8) is 0 Å². The highest BCUT2D eigenvalue weighted by Gasteiger charge is 2.24. The average Bonchev–Trinajstić information content (AvgIpc) is 2.95. The summed E-state index contributed by atoms with van der Waals surface area (Å²) in [5.74, 6) is 0.658. The van der Waals surface area contributed by atoms with Crippen molar-refractivity contribution in [1.29, 1.82) is 0 Å². The van der Waals surface area contributed by atoms with E-state index in [-0.39, 0.29) is 24.0 Å². The maximum atomic E-state index is 15.2. The fraction of sp³-hybridized carbons (Fsp3) is 0.333. The second kappa shape index (κ2) is 12.4. The Morgan fingerprint density at radius 2 is 1.37 bits per heavy atom. The molecule has 0 heterocycles. The van der Waals surface area contributed by atoms with Gasteiger partial charge in [0.15, 0.2) is 11.6 Å². The van der Waals surface area contributed by atoms with Gasteiger partial charge in [-0.1, -0.05) is 35.9 Å². The fourth-order valence-corrected chi connectivity index (χ4v) is 5.92. The van der Waals surface area contributed by atoms with Crippen molar-refractivity contribution in [1.82, 2.24) is 0 Å². The number of hydrogen-bond acceptors (Lipinski definition) is 2. The first-order valence-electron chi connectivity index (χ1n) is 14.4. The van der Waals surface area contributed by atoms with Crippen LogP contribution in [0.4, 0.5) is 13.2 Å². The van der Waals surface area contributed by atoms with Crippen LogP contribution in [-0.2, 0) is 6.61 Å². The normalized spacial score (nSPS) is 17.0. The number of aryl methyl sites for hydroxylation is 4. The van der Waals surface area contributed by atoms with E-state index in [9.17, 15) is 8.78 Å². The highest BCUT2D eigenvalue weighted by molar-refractivity contribution is 5.65. The van der Waals surface area contributed by atoms with E-state index in [2.05, 4.69) is 26.0 Å². The molecule has 0 spiro atoms. The van der Waals surface area contributed by atoms with Gasteiger partial charge in [-0.15, -0.1) is 0 Å². The van der Waals surface area contributed by atoms with E-state index in [1.165, 1.54) is 17.7 Å². The number of ether oxygens (including phenoxy) is 2. The highest BCUT2D eigenvalue weighted by atomic mass is 19.1. The van der Waals surface area contributed by atoms with E-state index in [0.29, 0.717) is 40.7 Å². The standard InChI is InChI=1S/C36H37F3O2/c1-22-5-13-34(23(2)15-22)40-20-26-6-8-28(9-7-26)29-10-12-31(32(37)18-29)30-11-14-35(33(38)19-30)41-21-27-16-24(3)36(39)25(4)17-27/h5,10-19,26,28H,6-9,20-21H2,1-4H3. The van der Waals surface area contributed by atoms with Crippen LogP contribution in [0, 0.1) is 51.1 Å². The molecular formula is C36H37F3O2. The van der Waals surface area contributed by atoms with Crippen LogP contribution in [0.1, 0.15) is 65.0 Å². The Hall–Kier alpha value is -3.73. The number of halogens is 3. The van der Waals surface area contributed by atoms with Crippen LogP contribution in [-0.4, -0.2) is 6.61 Å². The third-order valence-electron chi connectivity index (χ3n) is 8.25. The summed E-state index contributed by atoms with van der Waals surface area (Å²) >= 11 is 0. The summed E-state index contributed by atoms with van der Waals surface area (Å²) in [6, 6.07) is 19.4. The molecule has 4 aromatic carbocycles. The molecule has 0 atom stereocenters. The van der Waals surface area contributed by atoms with Crippen LogP contribution in [0.2, 0.25) is 0 Å². The zero-order valence-electron chi connectivity index (χ0n) is 24.2. The van der Waals surface area contributed by atoms with Crippen molar-refractivity contribution < 1.29 is 22.6 Å². The van der Waals surface area contributed by atoms with Crippen molar-refractivity contribution in [2.75, 3.05) is 6.61 Å². The van der Waals surface area contributed by atoms with Gasteiger partial charge in [0.2, 0.25) is 0 Å². The summed E-state index contributed by atoms with van der Waals surface area (Å²) in [4.78, 5) is 0. The second-order valence-electron chi connectivity index (χ2n) is 11.5. The van der Waals surface area contributed by atoms with E-state index < -0.39 is 5.82 Å². The van der Waals surface area contributed by atoms with Crippen LogP contribution in [0.3, 0.4) is 0 Å². The van der Waals surface area contributed by atoms with E-state index in [1.54, 1.807) is 44.2 Å². The molecule has 0 amide bonds. The SMILES string of the molecule is Cc1ccc(OCC2CCC(c3ccc(-c4ccc(OCc5cc(C)c(F)c(C)c5)c(F)c4)c(F)c3)CC2)c(C)c1. The molecule has 0 aromatic heterocycles. The van der Waals surface area contributed by atoms with Gasteiger partial charge >= 0.3 is 0 Å². The van der Waals surface area contributed by atoms with Crippen molar-refractivity contribution in [2.45, 2.75) is 65.9 Å². The van der Waals surface area contributed by atoms with Crippen LogP contribution in [0.15, 0.2) is 66.7 Å². The summed E-state index contributed by atoms with van der Waals surface area (Å²) in [7, 11) is 0. The molecule has 0 aliphatic heterocycles.